The molecule has 0 aromatic carbocycles. The van der Waals surface area contributed by atoms with Gasteiger partial charge in [-0.15, -0.1) is 0 Å². The molecule has 0 amide bonds. The highest BCUT2D eigenvalue weighted by molar-refractivity contribution is 6.76. The van der Waals surface area contributed by atoms with Crippen LogP contribution in [0.1, 0.15) is 13.0 Å². The van der Waals surface area contributed by atoms with Gasteiger partial charge in [0.1, 0.15) is 24.7 Å². The molecule has 0 aliphatic carbocycles. The van der Waals surface area contributed by atoms with Crippen molar-refractivity contribution < 1.29 is 4.74 Å². The van der Waals surface area contributed by atoms with Crippen molar-refractivity contribution in [3.8, 4) is 17.3 Å². The second kappa shape index (κ2) is 7.39. The molecule has 3 aromatic heterocycles. The van der Waals surface area contributed by atoms with Gasteiger partial charge in [-0.1, -0.05) is 19.6 Å². The molecule has 1 atom stereocenters. The normalized spacial score (nSPS) is 13.0. The zero-order valence-electron chi connectivity index (χ0n) is 15.7. The summed E-state index contributed by atoms with van der Waals surface area (Å²) in [6.45, 7) is 10.1. The summed E-state index contributed by atoms with van der Waals surface area (Å²) in [6.07, 6.45) is 7.11. The van der Waals surface area contributed by atoms with E-state index in [1.54, 1.807) is 24.1 Å². The fourth-order valence-corrected chi connectivity index (χ4v) is 3.37. The predicted octanol–water partition coefficient (Wildman–Crippen LogP) is 3.69. The molecule has 0 radical (unpaired) electrons. The number of nitrogens with zero attached hydrogens (tertiary/aromatic N) is 6. The van der Waals surface area contributed by atoms with Crippen LogP contribution in [-0.4, -0.2) is 39.0 Å². The lowest BCUT2D eigenvalue weighted by molar-refractivity contribution is 0.0899. The Morgan fingerprint density at radius 1 is 1.31 bits per heavy atom. The SMILES string of the molecule is CC(C#N)n1cc(-c2ncnc3c2ccn3COCC[Si](C)(C)C)cn1. The van der Waals surface area contributed by atoms with Gasteiger partial charge in [0, 0.05) is 38.0 Å². The minimum Gasteiger partial charge on any atom is -0.361 e. The smallest absolute Gasteiger partial charge is 0.145 e. The lowest BCUT2D eigenvalue weighted by Crippen LogP contribution is -2.22. The molecule has 7 nitrogen and oxygen atoms in total. The highest BCUT2D eigenvalue weighted by Crippen LogP contribution is 2.26. The summed E-state index contributed by atoms with van der Waals surface area (Å²) in [7, 11) is -1.09. The third-order valence-corrected chi connectivity index (χ3v) is 5.95. The first-order valence-electron chi connectivity index (χ1n) is 8.71. The van der Waals surface area contributed by atoms with Crippen molar-refractivity contribution >= 4 is 19.1 Å². The van der Waals surface area contributed by atoms with Crippen LogP contribution < -0.4 is 0 Å². The van der Waals surface area contributed by atoms with Crippen LogP contribution in [0.3, 0.4) is 0 Å². The molecule has 0 N–H and O–H groups in total. The first-order chi connectivity index (χ1) is 12.4. The number of nitriles is 1. The molecule has 1 unspecified atom stereocenters. The lowest BCUT2D eigenvalue weighted by Gasteiger charge is -2.15. The Labute approximate surface area is 154 Å². The zero-order chi connectivity index (χ0) is 18.7. The van der Waals surface area contributed by atoms with E-state index >= 15 is 0 Å². The second-order valence-electron chi connectivity index (χ2n) is 7.61. The molecule has 3 rings (SSSR count). The van der Waals surface area contributed by atoms with Gasteiger partial charge in [-0.25, -0.2) is 9.97 Å². The maximum atomic E-state index is 9.04. The summed E-state index contributed by atoms with van der Waals surface area (Å²) in [5.74, 6) is 0. The number of hydrogen-bond donors (Lipinski definition) is 0. The van der Waals surface area contributed by atoms with Gasteiger partial charge in [0.2, 0.25) is 0 Å². The first kappa shape index (κ1) is 18.3. The molecule has 0 saturated carbocycles. The highest BCUT2D eigenvalue weighted by Gasteiger charge is 2.14. The van der Waals surface area contributed by atoms with Crippen molar-refractivity contribution in [2.45, 2.75) is 45.4 Å². The standard InChI is InChI=1S/C18H24N6OSi/c1-14(9-19)24-11-15(10-22-24)17-16-5-6-23(18(16)21-12-20-17)13-25-7-8-26(2,3)4/h5-6,10-12,14H,7-8,13H2,1-4H3. The molecule has 3 aromatic rings. The quantitative estimate of drug-likeness (QED) is 0.469. The van der Waals surface area contributed by atoms with Crippen molar-refractivity contribution in [3.05, 3.63) is 31.0 Å². The zero-order valence-corrected chi connectivity index (χ0v) is 16.7. The molecule has 26 heavy (non-hydrogen) atoms. The van der Waals surface area contributed by atoms with E-state index in [9.17, 15) is 0 Å². The predicted molar refractivity (Wildman–Crippen MR) is 103 cm³/mol. The van der Waals surface area contributed by atoms with Crippen LogP contribution in [0.4, 0.5) is 0 Å². The summed E-state index contributed by atoms with van der Waals surface area (Å²) in [5.41, 5.74) is 2.52. The Bertz CT molecular complexity index is 933. The Morgan fingerprint density at radius 3 is 2.85 bits per heavy atom. The van der Waals surface area contributed by atoms with Crippen molar-refractivity contribution in [2.75, 3.05) is 6.61 Å². The molecule has 136 valence electrons. The van der Waals surface area contributed by atoms with E-state index in [1.807, 2.05) is 23.0 Å². The fourth-order valence-electron chi connectivity index (χ4n) is 2.61. The molecule has 3 heterocycles. The van der Waals surface area contributed by atoms with Crippen LogP contribution >= 0.6 is 0 Å². The van der Waals surface area contributed by atoms with Crippen LogP contribution in [0.5, 0.6) is 0 Å². The topological polar surface area (TPSA) is 81.5 Å². The third-order valence-electron chi connectivity index (χ3n) is 4.24. The summed E-state index contributed by atoms with van der Waals surface area (Å²) in [4.78, 5) is 8.84. The monoisotopic (exact) mass is 368 g/mol. The van der Waals surface area contributed by atoms with Crippen molar-refractivity contribution in [1.82, 2.24) is 24.3 Å². The van der Waals surface area contributed by atoms with E-state index in [0.717, 1.165) is 34.9 Å². The molecule has 0 aliphatic heterocycles. The maximum Gasteiger partial charge on any atom is 0.145 e. The van der Waals surface area contributed by atoms with Gasteiger partial charge in [-0.05, 0) is 19.0 Å². The van der Waals surface area contributed by atoms with Crippen molar-refractivity contribution in [3.63, 3.8) is 0 Å². The second-order valence-corrected chi connectivity index (χ2v) is 13.2. The van der Waals surface area contributed by atoms with Crippen LogP contribution in [0.25, 0.3) is 22.3 Å². The average Bonchev–Trinajstić information content (AvgIpc) is 3.24. The molecule has 0 saturated heterocycles. The summed E-state index contributed by atoms with van der Waals surface area (Å²) < 4.78 is 9.47. The number of rotatable bonds is 7. The Kier molecular flexibility index (Phi) is 5.20. The van der Waals surface area contributed by atoms with Gasteiger partial charge in [-0.3, -0.25) is 4.68 Å². The number of ether oxygens (including phenoxy) is 1. The maximum absolute atomic E-state index is 9.04. The van der Waals surface area contributed by atoms with Crippen LogP contribution in [0.15, 0.2) is 31.0 Å². The Morgan fingerprint density at radius 2 is 2.12 bits per heavy atom. The van der Waals surface area contributed by atoms with Gasteiger partial charge >= 0.3 is 0 Å². The number of hydrogen-bond acceptors (Lipinski definition) is 5. The van der Waals surface area contributed by atoms with Crippen molar-refractivity contribution in [2.24, 2.45) is 0 Å². The van der Waals surface area contributed by atoms with E-state index in [1.165, 1.54) is 0 Å². The Hall–Kier alpha value is -2.50. The molecule has 0 fully saturated rings. The molecular formula is C18H24N6OSi. The van der Waals surface area contributed by atoms with Crippen LogP contribution in [-0.2, 0) is 11.5 Å². The van der Waals surface area contributed by atoms with Crippen LogP contribution in [0.2, 0.25) is 25.7 Å². The van der Waals surface area contributed by atoms with Crippen LogP contribution in [0, 0.1) is 11.3 Å². The minimum atomic E-state index is -1.09. The summed E-state index contributed by atoms with van der Waals surface area (Å²) in [6, 6.07) is 5.00. The summed E-state index contributed by atoms with van der Waals surface area (Å²) in [5, 5.41) is 14.3. The number of fused-ring (bicyclic) bond motifs is 1. The number of aromatic nitrogens is 5. The van der Waals surface area contributed by atoms with E-state index in [-0.39, 0.29) is 6.04 Å². The van der Waals surface area contributed by atoms with Gasteiger partial charge in [0.15, 0.2) is 0 Å². The van der Waals surface area contributed by atoms with E-state index in [0.29, 0.717) is 6.73 Å². The van der Waals surface area contributed by atoms with E-state index in [4.69, 9.17) is 10.00 Å². The minimum absolute atomic E-state index is 0.314. The Balaban J connectivity index is 1.81. The van der Waals surface area contributed by atoms with Gasteiger partial charge in [-0.2, -0.15) is 10.4 Å². The molecule has 0 bridgehead atoms. The average molecular weight is 369 g/mol. The van der Waals surface area contributed by atoms with Gasteiger partial charge in [0.05, 0.1) is 18.0 Å². The fraction of sp³-hybridized carbons (Fsp3) is 0.444. The largest absolute Gasteiger partial charge is 0.361 e. The van der Waals surface area contributed by atoms with Gasteiger partial charge < -0.3 is 9.30 Å². The summed E-state index contributed by atoms with van der Waals surface area (Å²) >= 11 is 0. The highest BCUT2D eigenvalue weighted by atomic mass is 28.3. The molecule has 0 aliphatic rings. The molecular weight excluding hydrogens is 344 g/mol. The molecule has 8 heteroatoms. The third kappa shape index (κ3) is 4.00. The lowest BCUT2D eigenvalue weighted by atomic mass is 10.2. The van der Waals surface area contributed by atoms with E-state index in [2.05, 4.69) is 40.8 Å². The van der Waals surface area contributed by atoms with E-state index < -0.39 is 8.07 Å². The van der Waals surface area contributed by atoms with Crippen molar-refractivity contribution in [1.29, 1.82) is 5.26 Å². The molecule has 0 spiro atoms. The van der Waals surface area contributed by atoms with Gasteiger partial charge in [0.25, 0.3) is 0 Å². The first-order valence-corrected chi connectivity index (χ1v) is 12.4.